The van der Waals surface area contributed by atoms with E-state index in [1.807, 2.05) is 13.8 Å². The third-order valence-electron chi connectivity index (χ3n) is 2.45. The number of rotatable bonds is 5. The highest BCUT2D eigenvalue weighted by atomic mass is 16.1. The first-order valence-electron chi connectivity index (χ1n) is 5.69. The Kier molecular flexibility index (Phi) is 5.18. The number of amides is 1. The fourth-order valence-electron chi connectivity index (χ4n) is 1.40. The van der Waals surface area contributed by atoms with E-state index in [1.54, 1.807) is 24.3 Å². The monoisotopic (exact) mass is 231 g/mol. The lowest BCUT2D eigenvalue weighted by Gasteiger charge is -2.13. The summed E-state index contributed by atoms with van der Waals surface area (Å²) in [5.74, 6) is -0.199. The van der Waals surface area contributed by atoms with Gasteiger partial charge in [0.2, 0.25) is 5.91 Å². The van der Waals surface area contributed by atoms with E-state index in [0.717, 1.165) is 6.54 Å². The first-order valence-corrected chi connectivity index (χ1v) is 5.69. The average molecular weight is 231 g/mol. The molecule has 1 aromatic rings. The normalized spacial score (nSPS) is 11.6. The number of para-hydroxylation sites is 1. The fraction of sp³-hybridized carbons (Fsp3) is 0.385. The maximum absolute atomic E-state index is 11.8. The maximum atomic E-state index is 11.8. The van der Waals surface area contributed by atoms with Crippen LogP contribution in [0.2, 0.25) is 0 Å². The molecule has 1 aromatic carbocycles. The van der Waals surface area contributed by atoms with Crippen LogP contribution in [0.25, 0.3) is 0 Å². The Morgan fingerprint density at radius 3 is 2.82 bits per heavy atom. The Balaban J connectivity index is 2.65. The largest absolute Gasteiger partial charge is 0.325 e. The topological polar surface area (TPSA) is 64.9 Å². The molecule has 0 saturated carbocycles. The first kappa shape index (κ1) is 13.2. The van der Waals surface area contributed by atoms with Crippen LogP contribution >= 0.6 is 0 Å². The molecule has 0 aliphatic heterocycles. The van der Waals surface area contributed by atoms with E-state index < -0.39 is 0 Å². The second-order valence-electron chi connectivity index (χ2n) is 3.86. The minimum absolute atomic E-state index is 0.0753. The second kappa shape index (κ2) is 6.66. The molecule has 1 unspecified atom stereocenters. The van der Waals surface area contributed by atoms with E-state index in [9.17, 15) is 4.79 Å². The van der Waals surface area contributed by atoms with Crippen LogP contribution < -0.4 is 10.6 Å². The van der Waals surface area contributed by atoms with Crippen molar-refractivity contribution >= 4 is 11.6 Å². The van der Waals surface area contributed by atoms with Crippen molar-refractivity contribution in [2.24, 2.45) is 5.92 Å². The molecule has 0 aliphatic carbocycles. The van der Waals surface area contributed by atoms with Crippen molar-refractivity contribution in [2.45, 2.75) is 13.8 Å². The second-order valence-corrected chi connectivity index (χ2v) is 3.86. The van der Waals surface area contributed by atoms with Gasteiger partial charge in [-0.1, -0.05) is 26.0 Å². The van der Waals surface area contributed by atoms with Gasteiger partial charge in [-0.2, -0.15) is 5.26 Å². The molecule has 4 nitrogen and oxygen atoms in total. The average Bonchev–Trinajstić information content (AvgIpc) is 2.36. The molecular weight excluding hydrogens is 214 g/mol. The maximum Gasteiger partial charge on any atom is 0.228 e. The van der Waals surface area contributed by atoms with Crippen molar-refractivity contribution in [3.05, 3.63) is 29.8 Å². The molecule has 90 valence electrons. The van der Waals surface area contributed by atoms with Crippen molar-refractivity contribution in [2.75, 3.05) is 18.4 Å². The van der Waals surface area contributed by atoms with Gasteiger partial charge in [-0.15, -0.1) is 0 Å². The standard InChI is InChI=1S/C13H17N3O/c1-3-15-9-10(2)13(17)16-12-7-5-4-6-11(12)8-14/h4-7,10,15H,3,9H2,1-2H3,(H,16,17). The molecule has 0 aromatic heterocycles. The summed E-state index contributed by atoms with van der Waals surface area (Å²) in [5, 5.41) is 14.8. The molecule has 17 heavy (non-hydrogen) atoms. The number of nitriles is 1. The molecule has 0 fully saturated rings. The Labute approximate surface area is 102 Å². The fourth-order valence-corrected chi connectivity index (χ4v) is 1.40. The molecule has 0 aliphatic rings. The van der Waals surface area contributed by atoms with Crippen LogP contribution in [0.5, 0.6) is 0 Å². The van der Waals surface area contributed by atoms with Crippen molar-refractivity contribution in [3.63, 3.8) is 0 Å². The lowest BCUT2D eigenvalue weighted by Crippen LogP contribution is -2.30. The summed E-state index contributed by atoms with van der Waals surface area (Å²) in [6, 6.07) is 9.04. The Morgan fingerprint density at radius 2 is 2.18 bits per heavy atom. The van der Waals surface area contributed by atoms with Gasteiger partial charge in [-0.05, 0) is 18.7 Å². The van der Waals surface area contributed by atoms with Gasteiger partial charge in [-0.3, -0.25) is 4.79 Å². The van der Waals surface area contributed by atoms with Gasteiger partial charge in [0, 0.05) is 12.5 Å². The number of hydrogen-bond donors (Lipinski definition) is 2. The van der Waals surface area contributed by atoms with Crippen molar-refractivity contribution in [1.82, 2.24) is 5.32 Å². The SMILES string of the molecule is CCNCC(C)C(=O)Nc1ccccc1C#N. The Morgan fingerprint density at radius 1 is 1.47 bits per heavy atom. The summed E-state index contributed by atoms with van der Waals surface area (Å²) >= 11 is 0. The number of hydrogen-bond acceptors (Lipinski definition) is 3. The zero-order valence-corrected chi connectivity index (χ0v) is 10.2. The lowest BCUT2D eigenvalue weighted by atomic mass is 10.1. The predicted molar refractivity (Wildman–Crippen MR) is 67.5 cm³/mol. The Bertz CT molecular complexity index is 423. The highest BCUT2D eigenvalue weighted by Gasteiger charge is 2.13. The van der Waals surface area contributed by atoms with Crippen LogP contribution in [-0.2, 0) is 4.79 Å². The summed E-state index contributed by atoms with van der Waals surface area (Å²) in [7, 11) is 0. The van der Waals surface area contributed by atoms with E-state index in [0.29, 0.717) is 17.8 Å². The number of anilines is 1. The number of nitrogens with one attached hydrogen (secondary N) is 2. The van der Waals surface area contributed by atoms with Crippen LogP contribution in [-0.4, -0.2) is 19.0 Å². The number of carbonyl (C=O) groups is 1. The predicted octanol–water partition coefficient (Wildman–Crippen LogP) is 1.74. The highest BCUT2D eigenvalue weighted by molar-refractivity contribution is 5.93. The number of benzene rings is 1. The van der Waals surface area contributed by atoms with Crippen LogP contribution in [0, 0.1) is 17.2 Å². The molecule has 0 bridgehead atoms. The summed E-state index contributed by atoms with van der Waals surface area (Å²) < 4.78 is 0. The molecular formula is C13H17N3O. The quantitative estimate of drug-likeness (QED) is 0.811. The van der Waals surface area contributed by atoms with E-state index in [4.69, 9.17) is 5.26 Å². The molecule has 0 saturated heterocycles. The summed E-state index contributed by atoms with van der Waals surface area (Å²) in [5.41, 5.74) is 1.06. The van der Waals surface area contributed by atoms with E-state index >= 15 is 0 Å². The minimum atomic E-state index is -0.123. The molecule has 0 radical (unpaired) electrons. The van der Waals surface area contributed by atoms with Crippen LogP contribution in [0.15, 0.2) is 24.3 Å². The summed E-state index contributed by atoms with van der Waals surface area (Å²) in [4.78, 5) is 11.8. The van der Waals surface area contributed by atoms with E-state index in [1.165, 1.54) is 0 Å². The van der Waals surface area contributed by atoms with Gasteiger partial charge >= 0.3 is 0 Å². The van der Waals surface area contributed by atoms with Gasteiger partial charge < -0.3 is 10.6 Å². The lowest BCUT2D eigenvalue weighted by molar-refractivity contribution is -0.119. The zero-order chi connectivity index (χ0) is 12.7. The third-order valence-corrected chi connectivity index (χ3v) is 2.45. The van der Waals surface area contributed by atoms with Gasteiger partial charge in [0.15, 0.2) is 0 Å². The smallest absolute Gasteiger partial charge is 0.228 e. The molecule has 2 N–H and O–H groups in total. The molecule has 0 heterocycles. The first-order chi connectivity index (χ1) is 8.19. The van der Waals surface area contributed by atoms with E-state index in [-0.39, 0.29) is 11.8 Å². The van der Waals surface area contributed by atoms with Crippen LogP contribution in [0.1, 0.15) is 19.4 Å². The third kappa shape index (κ3) is 3.89. The van der Waals surface area contributed by atoms with Gasteiger partial charge in [0.05, 0.1) is 11.3 Å². The molecule has 1 atom stereocenters. The van der Waals surface area contributed by atoms with Crippen molar-refractivity contribution in [1.29, 1.82) is 5.26 Å². The van der Waals surface area contributed by atoms with Crippen LogP contribution in [0.4, 0.5) is 5.69 Å². The van der Waals surface area contributed by atoms with Gasteiger partial charge in [-0.25, -0.2) is 0 Å². The van der Waals surface area contributed by atoms with Crippen molar-refractivity contribution < 1.29 is 4.79 Å². The summed E-state index contributed by atoms with van der Waals surface area (Å²) in [6.45, 7) is 5.33. The highest BCUT2D eigenvalue weighted by Crippen LogP contribution is 2.14. The number of carbonyl (C=O) groups excluding carboxylic acids is 1. The van der Waals surface area contributed by atoms with Gasteiger partial charge in [0.1, 0.15) is 6.07 Å². The van der Waals surface area contributed by atoms with Crippen LogP contribution in [0.3, 0.4) is 0 Å². The van der Waals surface area contributed by atoms with E-state index in [2.05, 4.69) is 16.7 Å². The number of nitrogens with zero attached hydrogens (tertiary/aromatic N) is 1. The molecule has 0 spiro atoms. The minimum Gasteiger partial charge on any atom is -0.325 e. The molecule has 1 rings (SSSR count). The summed E-state index contributed by atoms with van der Waals surface area (Å²) in [6.07, 6.45) is 0. The zero-order valence-electron chi connectivity index (χ0n) is 10.2. The Hall–Kier alpha value is -1.86. The molecule has 4 heteroatoms. The van der Waals surface area contributed by atoms with Gasteiger partial charge in [0.25, 0.3) is 0 Å². The molecule has 1 amide bonds. The van der Waals surface area contributed by atoms with Crippen molar-refractivity contribution in [3.8, 4) is 6.07 Å².